The molecular weight excluding hydrogens is 188 g/mol. The van der Waals surface area contributed by atoms with Gasteiger partial charge in [0, 0.05) is 25.9 Å². The highest BCUT2D eigenvalue weighted by molar-refractivity contribution is 6.70. The molecule has 4 nitrogen and oxygen atoms in total. The Morgan fingerprint density at radius 3 is 1.46 bits per heavy atom. The lowest BCUT2D eigenvalue weighted by molar-refractivity contribution is -0.139. The molecule has 0 rings (SSSR count). The Kier molecular flexibility index (Phi) is 4.69. The molecule has 0 fully saturated rings. The van der Waals surface area contributed by atoms with Gasteiger partial charge in [-0.05, 0) is 0 Å². The van der Waals surface area contributed by atoms with Crippen molar-refractivity contribution in [2.75, 3.05) is 0 Å². The van der Waals surface area contributed by atoms with Crippen molar-refractivity contribution in [3.05, 3.63) is 0 Å². The molecular formula is C8H16O4Si. The molecule has 0 aliphatic carbocycles. The van der Waals surface area contributed by atoms with Crippen LogP contribution in [-0.4, -0.2) is 20.5 Å². The summed E-state index contributed by atoms with van der Waals surface area (Å²) in [6, 6.07) is 1.20. The third-order valence-electron chi connectivity index (χ3n) is 1.74. The Balaban J connectivity index is 4.48. The molecule has 0 amide bonds. The van der Waals surface area contributed by atoms with Crippen LogP contribution in [0.25, 0.3) is 0 Å². The van der Waals surface area contributed by atoms with Crippen LogP contribution in [-0.2, 0) is 18.4 Å². The van der Waals surface area contributed by atoms with Gasteiger partial charge < -0.3 is 8.85 Å². The average molecular weight is 204 g/mol. The van der Waals surface area contributed by atoms with Crippen LogP contribution in [0, 0.1) is 0 Å². The molecule has 5 heteroatoms. The predicted molar refractivity (Wildman–Crippen MR) is 50.2 cm³/mol. The first-order chi connectivity index (χ1) is 5.95. The molecule has 0 saturated heterocycles. The van der Waals surface area contributed by atoms with E-state index in [1.165, 1.54) is 13.8 Å². The van der Waals surface area contributed by atoms with Crippen LogP contribution in [0.15, 0.2) is 0 Å². The number of carbonyl (C=O) groups is 2. The largest absolute Gasteiger partial charge is 0.485 e. The second-order valence-electron chi connectivity index (χ2n) is 2.81. The van der Waals surface area contributed by atoms with Gasteiger partial charge in [0.2, 0.25) is 0 Å². The molecule has 0 atom stereocenters. The quantitative estimate of drug-likeness (QED) is 0.653. The van der Waals surface area contributed by atoms with Crippen LogP contribution in [0.3, 0.4) is 0 Å². The van der Waals surface area contributed by atoms with Crippen molar-refractivity contribution >= 4 is 20.5 Å². The maximum Gasteiger partial charge on any atom is 0.463 e. The third kappa shape index (κ3) is 4.07. The van der Waals surface area contributed by atoms with Crippen molar-refractivity contribution in [1.29, 1.82) is 0 Å². The SMILES string of the molecule is CC[Si](CC)(OC(C)=O)OC(C)=O. The van der Waals surface area contributed by atoms with Crippen LogP contribution in [0.1, 0.15) is 27.7 Å². The zero-order valence-corrected chi connectivity index (χ0v) is 9.55. The molecule has 0 aromatic carbocycles. The topological polar surface area (TPSA) is 52.6 Å². The summed E-state index contributed by atoms with van der Waals surface area (Å²) in [6.07, 6.45) is 0. The van der Waals surface area contributed by atoms with Crippen LogP contribution in [0.4, 0.5) is 0 Å². The number of hydrogen-bond acceptors (Lipinski definition) is 4. The van der Waals surface area contributed by atoms with Gasteiger partial charge in [-0.25, -0.2) is 0 Å². The normalized spacial score (nSPS) is 10.8. The fraction of sp³-hybridized carbons (Fsp3) is 0.750. The fourth-order valence-corrected chi connectivity index (χ4v) is 3.25. The first-order valence-electron chi connectivity index (χ1n) is 4.35. The smallest absolute Gasteiger partial charge is 0.463 e. The summed E-state index contributed by atoms with van der Waals surface area (Å²) >= 11 is 0. The molecule has 0 N–H and O–H groups in total. The van der Waals surface area contributed by atoms with E-state index < -0.39 is 8.56 Å². The lowest BCUT2D eigenvalue weighted by Crippen LogP contribution is -2.43. The van der Waals surface area contributed by atoms with E-state index >= 15 is 0 Å². The number of rotatable bonds is 4. The standard InChI is InChI=1S/C8H16O4Si/c1-5-13(6-2,11-7(3)9)12-8(4)10/h5-6H2,1-4H3. The van der Waals surface area contributed by atoms with Crippen molar-refractivity contribution in [1.82, 2.24) is 0 Å². The molecule has 0 unspecified atom stereocenters. The molecule has 0 bridgehead atoms. The minimum Gasteiger partial charge on any atom is -0.485 e. The molecule has 13 heavy (non-hydrogen) atoms. The van der Waals surface area contributed by atoms with E-state index in [1.54, 1.807) is 0 Å². The third-order valence-corrected chi connectivity index (χ3v) is 5.21. The second-order valence-corrected chi connectivity index (χ2v) is 6.45. The Bertz CT molecular complexity index is 180. The molecule has 0 aliphatic rings. The minimum atomic E-state index is -2.57. The molecule has 0 aliphatic heterocycles. The van der Waals surface area contributed by atoms with Crippen LogP contribution >= 0.6 is 0 Å². The van der Waals surface area contributed by atoms with E-state index in [4.69, 9.17) is 8.85 Å². The van der Waals surface area contributed by atoms with Crippen molar-refractivity contribution in [2.45, 2.75) is 39.8 Å². The van der Waals surface area contributed by atoms with Gasteiger partial charge >= 0.3 is 8.56 Å². The van der Waals surface area contributed by atoms with Gasteiger partial charge in [0.1, 0.15) is 0 Å². The average Bonchev–Trinajstić information content (AvgIpc) is 2.01. The van der Waals surface area contributed by atoms with E-state index in [9.17, 15) is 9.59 Å². The molecule has 0 aromatic heterocycles. The monoisotopic (exact) mass is 204 g/mol. The van der Waals surface area contributed by atoms with Crippen molar-refractivity contribution in [2.24, 2.45) is 0 Å². The van der Waals surface area contributed by atoms with E-state index in [2.05, 4.69) is 0 Å². The Labute approximate surface area is 79.5 Å². The highest BCUT2D eigenvalue weighted by Gasteiger charge is 2.39. The van der Waals surface area contributed by atoms with E-state index in [-0.39, 0.29) is 11.9 Å². The van der Waals surface area contributed by atoms with Gasteiger partial charge in [-0.2, -0.15) is 0 Å². The zero-order valence-electron chi connectivity index (χ0n) is 8.55. The molecule has 76 valence electrons. The summed E-state index contributed by atoms with van der Waals surface area (Å²) in [5, 5.41) is 0. The van der Waals surface area contributed by atoms with E-state index in [0.29, 0.717) is 12.1 Å². The Hall–Kier alpha value is -0.843. The summed E-state index contributed by atoms with van der Waals surface area (Å²) in [5.41, 5.74) is 0. The minimum absolute atomic E-state index is 0.378. The second kappa shape index (κ2) is 5.01. The van der Waals surface area contributed by atoms with Gasteiger partial charge in [-0.1, -0.05) is 13.8 Å². The van der Waals surface area contributed by atoms with E-state index in [0.717, 1.165) is 0 Å². The van der Waals surface area contributed by atoms with E-state index in [1.807, 2.05) is 13.8 Å². The Morgan fingerprint density at radius 1 is 1.00 bits per heavy atom. The lowest BCUT2D eigenvalue weighted by atomic mass is 10.9. The summed E-state index contributed by atoms with van der Waals surface area (Å²) in [4.78, 5) is 21.6. The molecule has 0 heterocycles. The summed E-state index contributed by atoms with van der Waals surface area (Å²) in [5.74, 6) is -0.756. The van der Waals surface area contributed by atoms with Crippen molar-refractivity contribution < 1.29 is 18.4 Å². The van der Waals surface area contributed by atoms with Gasteiger partial charge in [0.15, 0.2) is 0 Å². The zero-order chi connectivity index (χ0) is 10.5. The van der Waals surface area contributed by atoms with Crippen LogP contribution < -0.4 is 0 Å². The highest BCUT2D eigenvalue weighted by atomic mass is 28.4. The Morgan fingerprint density at radius 2 is 1.31 bits per heavy atom. The molecule has 0 saturated carbocycles. The summed E-state index contributed by atoms with van der Waals surface area (Å²) < 4.78 is 10.2. The fourth-order valence-electron chi connectivity index (χ4n) is 1.08. The predicted octanol–water partition coefficient (Wildman–Crippen LogP) is 1.59. The van der Waals surface area contributed by atoms with Crippen molar-refractivity contribution in [3.63, 3.8) is 0 Å². The van der Waals surface area contributed by atoms with Crippen molar-refractivity contribution in [3.8, 4) is 0 Å². The van der Waals surface area contributed by atoms with Gasteiger partial charge in [-0.3, -0.25) is 9.59 Å². The van der Waals surface area contributed by atoms with Crippen LogP contribution in [0.5, 0.6) is 0 Å². The molecule has 0 aromatic rings. The van der Waals surface area contributed by atoms with Gasteiger partial charge in [0.25, 0.3) is 11.9 Å². The molecule has 0 radical (unpaired) electrons. The first kappa shape index (κ1) is 12.2. The van der Waals surface area contributed by atoms with Gasteiger partial charge in [0.05, 0.1) is 0 Å². The number of hydrogen-bond donors (Lipinski definition) is 0. The maximum absolute atomic E-state index is 10.8. The summed E-state index contributed by atoms with van der Waals surface area (Å²) in [6.45, 7) is 6.39. The lowest BCUT2D eigenvalue weighted by Gasteiger charge is -2.26. The number of carbonyl (C=O) groups excluding carboxylic acids is 2. The van der Waals surface area contributed by atoms with Crippen LogP contribution in [0.2, 0.25) is 12.1 Å². The van der Waals surface area contributed by atoms with Gasteiger partial charge in [-0.15, -0.1) is 0 Å². The maximum atomic E-state index is 10.8. The molecule has 0 spiro atoms. The first-order valence-corrected chi connectivity index (χ1v) is 6.58. The summed E-state index contributed by atoms with van der Waals surface area (Å²) in [7, 11) is -2.57. The highest BCUT2D eigenvalue weighted by Crippen LogP contribution is 2.18.